The Morgan fingerprint density at radius 3 is 2.46 bits per heavy atom. The van der Waals surface area contributed by atoms with Gasteiger partial charge >= 0.3 is 0 Å². The number of carbonyl (C=O) groups excluding carboxylic acids is 1. The Labute approximate surface area is 172 Å². The largest absolute Gasteiger partial charge is 0.494 e. The first-order valence-electron chi connectivity index (χ1n) is 9.55. The van der Waals surface area contributed by atoms with Crippen molar-refractivity contribution in [1.29, 1.82) is 0 Å². The topological polar surface area (TPSA) is 59.6 Å². The number of nitrogens with one attached hydrogen (secondary N) is 2. The van der Waals surface area contributed by atoms with E-state index in [1.165, 1.54) is 0 Å². The van der Waals surface area contributed by atoms with E-state index in [2.05, 4.69) is 31.4 Å². The van der Waals surface area contributed by atoms with Crippen LogP contribution in [-0.2, 0) is 4.79 Å². The van der Waals surface area contributed by atoms with Crippen molar-refractivity contribution >= 4 is 28.9 Å². The lowest BCUT2D eigenvalue weighted by atomic mass is 10.0. The molecule has 6 heteroatoms. The van der Waals surface area contributed by atoms with E-state index in [4.69, 9.17) is 21.7 Å². The Hall–Kier alpha value is -2.60. The zero-order valence-electron chi connectivity index (χ0n) is 16.7. The smallest absolute Gasteiger partial charge is 0.264 e. The summed E-state index contributed by atoms with van der Waals surface area (Å²) in [4.78, 5) is 12.1. The first-order valence-corrected chi connectivity index (χ1v) is 9.95. The molecule has 0 atom stereocenters. The number of para-hydroxylation sites is 1. The predicted molar refractivity (Wildman–Crippen MR) is 117 cm³/mol. The minimum atomic E-state index is -0.310. The van der Waals surface area contributed by atoms with E-state index in [0.29, 0.717) is 18.3 Å². The van der Waals surface area contributed by atoms with Gasteiger partial charge in [-0.25, -0.2) is 0 Å². The summed E-state index contributed by atoms with van der Waals surface area (Å²) < 4.78 is 11.3. The van der Waals surface area contributed by atoms with E-state index in [0.717, 1.165) is 29.8 Å². The lowest BCUT2D eigenvalue weighted by Gasteiger charge is -2.14. The molecule has 0 aliphatic heterocycles. The van der Waals surface area contributed by atoms with Crippen molar-refractivity contribution < 1.29 is 14.3 Å². The Kier molecular flexibility index (Phi) is 8.75. The number of thiocarbonyl (C=S) groups is 1. The van der Waals surface area contributed by atoms with Crippen molar-refractivity contribution in [2.45, 2.75) is 39.5 Å². The zero-order chi connectivity index (χ0) is 20.4. The number of unbranched alkanes of at least 4 members (excludes halogenated alkanes) is 1. The van der Waals surface area contributed by atoms with Crippen LogP contribution >= 0.6 is 12.2 Å². The van der Waals surface area contributed by atoms with Crippen molar-refractivity contribution in [3.63, 3.8) is 0 Å². The van der Waals surface area contributed by atoms with Gasteiger partial charge in [-0.15, -0.1) is 0 Å². The molecule has 0 unspecified atom stereocenters. The lowest BCUT2D eigenvalue weighted by Crippen LogP contribution is -2.37. The van der Waals surface area contributed by atoms with Crippen LogP contribution in [0.25, 0.3) is 0 Å². The number of hydrogen-bond acceptors (Lipinski definition) is 4. The molecule has 0 radical (unpaired) electrons. The number of amides is 1. The van der Waals surface area contributed by atoms with Crippen LogP contribution in [0.3, 0.4) is 0 Å². The first kappa shape index (κ1) is 21.7. The predicted octanol–water partition coefficient (Wildman–Crippen LogP) is 4.88. The molecular weight excluding hydrogens is 372 g/mol. The molecule has 0 fully saturated rings. The average Bonchev–Trinajstić information content (AvgIpc) is 2.68. The second-order valence-corrected chi connectivity index (χ2v) is 7.12. The molecule has 0 aliphatic rings. The van der Waals surface area contributed by atoms with Gasteiger partial charge in [0, 0.05) is 5.69 Å². The molecule has 1 amide bonds. The van der Waals surface area contributed by atoms with Gasteiger partial charge in [-0.3, -0.25) is 10.1 Å². The van der Waals surface area contributed by atoms with Crippen LogP contribution in [-0.4, -0.2) is 24.2 Å². The van der Waals surface area contributed by atoms with Crippen molar-refractivity contribution in [2.24, 2.45) is 0 Å². The molecule has 0 aliphatic carbocycles. The highest BCUT2D eigenvalue weighted by atomic mass is 32.1. The van der Waals surface area contributed by atoms with Crippen molar-refractivity contribution in [3.8, 4) is 11.5 Å². The molecule has 0 spiro atoms. The van der Waals surface area contributed by atoms with Gasteiger partial charge in [0.25, 0.3) is 5.91 Å². The minimum absolute atomic E-state index is 0.101. The van der Waals surface area contributed by atoms with E-state index in [1.807, 2.05) is 48.5 Å². The highest BCUT2D eigenvalue weighted by Gasteiger charge is 2.10. The van der Waals surface area contributed by atoms with Gasteiger partial charge in [-0.05, 0) is 60.5 Å². The number of anilines is 1. The summed E-state index contributed by atoms with van der Waals surface area (Å²) in [6.45, 7) is 6.90. The zero-order valence-corrected chi connectivity index (χ0v) is 17.5. The van der Waals surface area contributed by atoms with Crippen LogP contribution < -0.4 is 20.1 Å². The quantitative estimate of drug-likeness (QED) is 0.464. The molecule has 28 heavy (non-hydrogen) atoms. The summed E-state index contributed by atoms with van der Waals surface area (Å²) in [5, 5.41) is 5.84. The summed E-state index contributed by atoms with van der Waals surface area (Å²) >= 11 is 5.20. The maximum Gasteiger partial charge on any atom is 0.264 e. The fraction of sp³-hybridized carbons (Fsp3) is 0.364. The molecule has 0 saturated carbocycles. The van der Waals surface area contributed by atoms with Crippen LogP contribution in [0.1, 0.15) is 45.1 Å². The summed E-state index contributed by atoms with van der Waals surface area (Å²) in [5.41, 5.74) is 1.84. The monoisotopic (exact) mass is 400 g/mol. The highest BCUT2D eigenvalue weighted by Crippen LogP contribution is 2.25. The Balaban J connectivity index is 1.79. The van der Waals surface area contributed by atoms with E-state index >= 15 is 0 Å². The molecule has 0 heterocycles. The van der Waals surface area contributed by atoms with Crippen LogP contribution in [0, 0.1) is 0 Å². The fourth-order valence-corrected chi connectivity index (χ4v) is 2.76. The van der Waals surface area contributed by atoms with E-state index in [1.54, 1.807) is 0 Å². The molecule has 2 aromatic rings. The normalized spacial score (nSPS) is 10.4. The van der Waals surface area contributed by atoms with Crippen LogP contribution in [0.2, 0.25) is 0 Å². The Morgan fingerprint density at radius 2 is 1.79 bits per heavy atom. The molecule has 5 nitrogen and oxygen atoms in total. The van der Waals surface area contributed by atoms with Gasteiger partial charge in [-0.2, -0.15) is 0 Å². The maximum atomic E-state index is 12.1. The lowest BCUT2D eigenvalue weighted by molar-refractivity contribution is -0.121. The molecule has 150 valence electrons. The van der Waals surface area contributed by atoms with Crippen molar-refractivity contribution in [1.82, 2.24) is 5.32 Å². The van der Waals surface area contributed by atoms with Crippen molar-refractivity contribution in [2.75, 3.05) is 18.5 Å². The second kappa shape index (κ2) is 11.3. The van der Waals surface area contributed by atoms with E-state index in [-0.39, 0.29) is 17.6 Å². The highest BCUT2D eigenvalue weighted by molar-refractivity contribution is 7.80. The Bertz CT molecular complexity index is 776. The van der Waals surface area contributed by atoms with Gasteiger partial charge in [0.2, 0.25) is 0 Å². The van der Waals surface area contributed by atoms with E-state index in [9.17, 15) is 4.79 Å². The molecule has 2 rings (SSSR count). The summed E-state index contributed by atoms with van der Waals surface area (Å²) in [5.74, 6) is 1.53. The molecule has 2 aromatic carbocycles. The Morgan fingerprint density at radius 1 is 1.07 bits per heavy atom. The minimum Gasteiger partial charge on any atom is -0.494 e. The fourth-order valence-electron chi connectivity index (χ4n) is 2.53. The van der Waals surface area contributed by atoms with Gasteiger partial charge in [-0.1, -0.05) is 45.4 Å². The molecule has 0 bridgehead atoms. The SMILES string of the molecule is CCCCOc1ccc(NC(=S)NC(=O)COc2ccccc2C(C)C)cc1. The van der Waals surface area contributed by atoms with Gasteiger partial charge in [0.1, 0.15) is 11.5 Å². The first-order chi connectivity index (χ1) is 13.5. The third-order valence-corrected chi connectivity index (χ3v) is 4.24. The summed E-state index contributed by atoms with van der Waals surface area (Å²) in [6, 6.07) is 15.2. The maximum absolute atomic E-state index is 12.1. The third-order valence-electron chi connectivity index (χ3n) is 4.03. The molecule has 0 saturated heterocycles. The van der Waals surface area contributed by atoms with Gasteiger partial charge in [0.15, 0.2) is 11.7 Å². The van der Waals surface area contributed by atoms with Gasteiger partial charge < -0.3 is 14.8 Å². The molecule has 2 N–H and O–H groups in total. The number of ether oxygens (including phenoxy) is 2. The molecule has 0 aromatic heterocycles. The molecular formula is C22H28N2O3S. The standard InChI is InChI=1S/C22H28N2O3S/c1-4-5-14-26-18-12-10-17(11-13-18)23-22(28)24-21(25)15-27-20-9-7-6-8-19(20)16(2)3/h6-13,16H,4-5,14-15H2,1-3H3,(H2,23,24,25,28). The average molecular weight is 401 g/mol. The third kappa shape index (κ3) is 7.19. The van der Waals surface area contributed by atoms with Crippen LogP contribution in [0.4, 0.5) is 5.69 Å². The number of carbonyl (C=O) groups is 1. The number of benzene rings is 2. The van der Waals surface area contributed by atoms with Gasteiger partial charge in [0.05, 0.1) is 6.61 Å². The van der Waals surface area contributed by atoms with Crippen LogP contribution in [0.5, 0.6) is 11.5 Å². The second-order valence-electron chi connectivity index (χ2n) is 6.71. The van der Waals surface area contributed by atoms with E-state index < -0.39 is 0 Å². The number of hydrogen-bond donors (Lipinski definition) is 2. The summed E-state index contributed by atoms with van der Waals surface area (Å²) in [6.07, 6.45) is 2.13. The van der Waals surface area contributed by atoms with Crippen LogP contribution in [0.15, 0.2) is 48.5 Å². The summed E-state index contributed by atoms with van der Waals surface area (Å²) in [7, 11) is 0. The number of rotatable bonds is 9. The van der Waals surface area contributed by atoms with Crippen molar-refractivity contribution in [3.05, 3.63) is 54.1 Å².